The second-order valence-corrected chi connectivity index (χ2v) is 3.68. The Hall–Kier alpha value is -1.03. The van der Waals surface area contributed by atoms with Crippen LogP contribution >= 0.6 is 0 Å². The highest BCUT2D eigenvalue weighted by Gasteiger charge is 2.20. The quantitative estimate of drug-likeness (QED) is 0.664. The van der Waals surface area contributed by atoms with E-state index in [1.54, 1.807) is 11.6 Å². The maximum Gasteiger partial charge on any atom is 0.328 e. The summed E-state index contributed by atoms with van der Waals surface area (Å²) >= 11 is 0. The zero-order valence-corrected chi connectivity index (χ0v) is 8.08. The Labute approximate surface area is 77.2 Å². The topological polar surface area (TPSA) is 39.0 Å². The summed E-state index contributed by atoms with van der Waals surface area (Å²) in [5.74, 6) is 0. The van der Waals surface area contributed by atoms with Crippen LogP contribution in [0.5, 0.6) is 0 Å². The van der Waals surface area contributed by atoms with Crippen molar-refractivity contribution in [1.82, 2.24) is 14.5 Å². The molecule has 0 spiro atoms. The summed E-state index contributed by atoms with van der Waals surface area (Å²) in [6, 6.07) is 0.355. The molecular formula is C9H15N3O. The van der Waals surface area contributed by atoms with E-state index < -0.39 is 0 Å². The first-order valence-corrected chi connectivity index (χ1v) is 4.65. The number of aromatic nitrogens is 2. The lowest BCUT2D eigenvalue weighted by atomic mass is 10.2. The van der Waals surface area contributed by atoms with Crippen molar-refractivity contribution < 1.29 is 0 Å². The van der Waals surface area contributed by atoms with Gasteiger partial charge in [-0.15, -0.1) is 0 Å². The number of nitrogens with zero attached hydrogens (tertiary/aromatic N) is 2. The van der Waals surface area contributed by atoms with Gasteiger partial charge in [-0.05, 0) is 19.9 Å². The minimum absolute atomic E-state index is 0.103. The molecule has 1 aliphatic heterocycles. The molecule has 1 aromatic heterocycles. The Kier molecular flexibility index (Phi) is 2.00. The van der Waals surface area contributed by atoms with Crippen LogP contribution in [0.25, 0.3) is 0 Å². The summed E-state index contributed by atoms with van der Waals surface area (Å²) in [7, 11) is 1.80. The van der Waals surface area contributed by atoms with E-state index in [-0.39, 0.29) is 5.69 Å². The van der Waals surface area contributed by atoms with E-state index in [4.69, 9.17) is 0 Å². The van der Waals surface area contributed by atoms with Crippen LogP contribution in [0.15, 0.2) is 11.0 Å². The van der Waals surface area contributed by atoms with Crippen LogP contribution in [-0.2, 0) is 7.05 Å². The average molecular weight is 181 g/mol. The summed E-state index contributed by atoms with van der Waals surface area (Å²) in [4.78, 5) is 11.7. The van der Waals surface area contributed by atoms with Gasteiger partial charge < -0.3 is 9.88 Å². The van der Waals surface area contributed by atoms with E-state index in [2.05, 4.69) is 5.32 Å². The second kappa shape index (κ2) is 3.03. The van der Waals surface area contributed by atoms with E-state index in [0.717, 1.165) is 25.2 Å². The molecule has 4 heteroatoms. The lowest BCUT2D eigenvalue weighted by Crippen LogP contribution is -2.28. The third kappa shape index (κ3) is 1.31. The molecule has 0 amide bonds. The molecule has 2 heterocycles. The minimum atomic E-state index is 0.103. The van der Waals surface area contributed by atoms with Crippen molar-refractivity contribution in [3.05, 3.63) is 22.4 Å². The lowest BCUT2D eigenvalue weighted by molar-refractivity contribution is 0.512. The molecule has 0 radical (unpaired) electrons. The number of aryl methyl sites for hydroxylation is 2. The summed E-state index contributed by atoms with van der Waals surface area (Å²) in [5, 5.41) is 3.27. The van der Waals surface area contributed by atoms with Crippen LogP contribution in [0.4, 0.5) is 0 Å². The molecule has 72 valence electrons. The largest absolute Gasteiger partial charge is 0.328 e. The maximum atomic E-state index is 11.7. The van der Waals surface area contributed by atoms with Crippen molar-refractivity contribution in [3.63, 3.8) is 0 Å². The molecule has 1 fully saturated rings. The summed E-state index contributed by atoms with van der Waals surface area (Å²) in [5.41, 5.74) is 1.16. The fourth-order valence-electron chi connectivity index (χ4n) is 2.02. The van der Waals surface area contributed by atoms with Crippen LogP contribution in [0.2, 0.25) is 0 Å². The Morgan fingerprint density at radius 2 is 2.38 bits per heavy atom. The van der Waals surface area contributed by atoms with Gasteiger partial charge in [-0.25, -0.2) is 4.79 Å². The number of imidazole rings is 1. The molecule has 2 rings (SSSR count). The van der Waals surface area contributed by atoms with Gasteiger partial charge in [0.2, 0.25) is 0 Å². The van der Waals surface area contributed by atoms with Crippen LogP contribution in [0.1, 0.15) is 18.2 Å². The fraction of sp³-hybridized carbons (Fsp3) is 0.667. The first-order valence-electron chi connectivity index (χ1n) is 4.65. The predicted octanol–water partition coefficient (Wildman–Crippen LogP) is 0.0296. The van der Waals surface area contributed by atoms with E-state index in [1.165, 1.54) is 0 Å². The predicted molar refractivity (Wildman–Crippen MR) is 50.9 cm³/mol. The van der Waals surface area contributed by atoms with Gasteiger partial charge >= 0.3 is 5.69 Å². The van der Waals surface area contributed by atoms with Gasteiger partial charge in [0, 0.05) is 25.5 Å². The SMILES string of the molecule is Cc1cn(C)c(=O)n1C1CCNC1. The maximum absolute atomic E-state index is 11.7. The van der Waals surface area contributed by atoms with Gasteiger partial charge in [-0.3, -0.25) is 4.57 Å². The zero-order chi connectivity index (χ0) is 9.42. The van der Waals surface area contributed by atoms with Gasteiger partial charge in [0.05, 0.1) is 6.04 Å². The lowest BCUT2D eigenvalue weighted by Gasteiger charge is -2.10. The molecule has 1 N–H and O–H groups in total. The number of nitrogens with one attached hydrogen (secondary N) is 1. The van der Waals surface area contributed by atoms with E-state index in [0.29, 0.717) is 6.04 Å². The van der Waals surface area contributed by atoms with Crippen LogP contribution in [0.3, 0.4) is 0 Å². The molecule has 1 saturated heterocycles. The number of rotatable bonds is 1. The van der Waals surface area contributed by atoms with Crippen LogP contribution in [0, 0.1) is 6.92 Å². The van der Waals surface area contributed by atoms with Crippen LogP contribution < -0.4 is 11.0 Å². The molecule has 13 heavy (non-hydrogen) atoms. The minimum Gasteiger partial charge on any atom is -0.315 e. The summed E-state index contributed by atoms with van der Waals surface area (Å²) < 4.78 is 3.54. The van der Waals surface area contributed by atoms with Crippen molar-refractivity contribution in [2.24, 2.45) is 7.05 Å². The van der Waals surface area contributed by atoms with E-state index >= 15 is 0 Å². The van der Waals surface area contributed by atoms with Crippen molar-refractivity contribution in [2.75, 3.05) is 13.1 Å². The van der Waals surface area contributed by atoms with Gasteiger partial charge in [-0.2, -0.15) is 0 Å². The smallest absolute Gasteiger partial charge is 0.315 e. The first kappa shape index (κ1) is 8.56. The Balaban J connectivity index is 2.43. The highest BCUT2D eigenvalue weighted by molar-refractivity contribution is 5.00. The molecule has 1 aliphatic rings. The zero-order valence-electron chi connectivity index (χ0n) is 8.08. The third-order valence-electron chi connectivity index (χ3n) is 2.67. The normalized spacial score (nSPS) is 22.5. The van der Waals surface area contributed by atoms with E-state index in [9.17, 15) is 4.79 Å². The average Bonchev–Trinajstić information content (AvgIpc) is 2.63. The van der Waals surface area contributed by atoms with Crippen molar-refractivity contribution >= 4 is 0 Å². The molecule has 0 saturated carbocycles. The van der Waals surface area contributed by atoms with Gasteiger partial charge in [0.15, 0.2) is 0 Å². The standard InChI is InChI=1S/C9H15N3O/c1-7-6-11(2)9(13)12(7)8-3-4-10-5-8/h6,8,10H,3-5H2,1-2H3. The Morgan fingerprint density at radius 3 is 2.85 bits per heavy atom. The second-order valence-electron chi connectivity index (χ2n) is 3.68. The molecule has 0 bridgehead atoms. The van der Waals surface area contributed by atoms with Crippen molar-refractivity contribution in [1.29, 1.82) is 0 Å². The van der Waals surface area contributed by atoms with Crippen molar-refractivity contribution in [2.45, 2.75) is 19.4 Å². The molecule has 0 aliphatic carbocycles. The Bertz CT molecular complexity index is 357. The highest BCUT2D eigenvalue weighted by Crippen LogP contribution is 2.14. The number of hydrogen-bond donors (Lipinski definition) is 1. The van der Waals surface area contributed by atoms with Crippen LogP contribution in [-0.4, -0.2) is 22.2 Å². The molecule has 4 nitrogen and oxygen atoms in total. The third-order valence-corrected chi connectivity index (χ3v) is 2.67. The highest BCUT2D eigenvalue weighted by atomic mass is 16.1. The fourth-order valence-corrected chi connectivity index (χ4v) is 2.02. The summed E-state index contributed by atoms with van der Waals surface area (Å²) in [6.45, 7) is 3.93. The molecular weight excluding hydrogens is 166 g/mol. The Morgan fingerprint density at radius 1 is 1.62 bits per heavy atom. The number of hydrogen-bond acceptors (Lipinski definition) is 2. The van der Waals surface area contributed by atoms with Crippen molar-refractivity contribution in [3.8, 4) is 0 Å². The molecule has 1 aromatic rings. The molecule has 1 atom stereocenters. The summed E-state index contributed by atoms with van der Waals surface area (Å²) in [6.07, 6.45) is 2.95. The molecule has 0 aromatic carbocycles. The van der Waals surface area contributed by atoms with E-state index in [1.807, 2.05) is 17.7 Å². The van der Waals surface area contributed by atoms with Gasteiger partial charge in [0.1, 0.15) is 0 Å². The van der Waals surface area contributed by atoms with Gasteiger partial charge in [0.25, 0.3) is 0 Å². The van der Waals surface area contributed by atoms with Gasteiger partial charge in [-0.1, -0.05) is 0 Å². The molecule has 1 unspecified atom stereocenters. The monoisotopic (exact) mass is 181 g/mol. The first-order chi connectivity index (χ1) is 6.20.